The third kappa shape index (κ3) is 3.58. The Kier molecular flexibility index (Phi) is 5.02. The Morgan fingerprint density at radius 1 is 0.929 bits per heavy atom. The lowest BCUT2D eigenvalue weighted by atomic mass is 9.98. The predicted molar refractivity (Wildman–Crippen MR) is 112 cm³/mol. The zero-order valence-corrected chi connectivity index (χ0v) is 15.8. The fraction of sp³-hybridized carbons (Fsp3) is 0.208. The molecule has 1 unspecified atom stereocenters. The maximum Gasteiger partial charge on any atom is 0.303 e. The second-order valence-corrected chi connectivity index (χ2v) is 7.10. The molecule has 4 nitrogen and oxygen atoms in total. The first-order valence-corrected chi connectivity index (χ1v) is 9.54. The molecule has 0 spiro atoms. The van der Waals surface area contributed by atoms with E-state index in [1.807, 2.05) is 31.2 Å². The molecule has 1 N–H and O–H groups in total. The van der Waals surface area contributed by atoms with E-state index in [4.69, 9.17) is 9.84 Å². The van der Waals surface area contributed by atoms with Crippen molar-refractivity contribution in [1.82, 2.24) is 4.57 Å². The molecule has 4 rings (SSSR count). The zero-order valence-electron chi connectivity index (χ0n) is 15.8. The molecule has 142 valence electrons. The number of para-hydroxylation sites is 2. The van der Waals surface area contributed by atoms with E-state index in [0.29, 0.717) is 6.61 Å². The van der Waals surface area contributed by atoms with Crippen LogP contribution < -0.4 is 4.74 Å². The Morgan fingerprint density at radius 2 is 1.50 bits per heavy atom. The maximum absolute atomic E-state index is 10.9. The summed E-state index contributed by atoms with van der Waals surface area (Å²) in [5, 5.41) is 11.4. The molecule has 1 aromatic heterocycles. The van der Waals surface area contributed by atoms with Gasteiger partial charge in [0.1, 0.15) is 12.4 Å². The van der Waals surface area contributed by atoms with Crippen LogP contribution in [0.4, 0.5) is 0 Å². The summed E-state index contributed by atoms with van der Waals surface area (Å²) in [5.41, 5.74) is 3.44. The fourth-order valence-corrected chi connectivity index (χ4v) is 3.77. The van der Waals surface area contributed by atoms with E-state index in [-0.39, 0.29) is 12.3 Å². The summed E-state index contributed by atoms with van der Waals surface area (Å²) in [7, 11) is 0. The second-order valence-electron chi connectivity index (χ2n) is 7.10. The number of hydrogen-bond donors (Lipinski definition) is 1. The molecule has 0 saturated carbocycles. The smallest absolute Gasteiger partial charge is 0.303 e. The van der Waals surface area contributed by atoms with Crippen LogP contribution in [0, 0.1) is 0 Å². The Bertz CT molecular complexity index is 1060. The number of carbonyl (C=O) groups is 1. The zero-order chi connectivity index (χ0) is 19.5. The number of aliphatic carboxylic acids is 1. The molecule has 0 bridgehead atoms. The number of aromatic nitrogens is 1. The van der Waals surface area contributed by atoms with Gasteiger partial charge in [-0.25, -0.2) is 0 Å². The van der Waals surface area contributed by atoms with Crippen LogP contribution >= 0.6 is 0 Å². The van der Waals surface area contributed by atoms with Crippen LogP contribution in [0.5, 0.6) is 5.75 Å². The Hall–Kier alpha value is -3.27. The fourth-order valence-electron chi connectivity index (χ4n) is 3.77. The van der Waals surface area contributed by atoms with Gasteiger partial charge in [0.15, 0.2) is 0 Å². The molecule has 0 radical (unpaired) electrons. The van der Waals surface area contributed by atoms with E-state index in [0.717, 1.165) is 17.9 Å². The average molecular weight is 373 g/mol. The first-order valence-electron chi connectivity index (χ1n) is 9.54. The molecule has 28 heavy (non-hydrogen) atoms. The van der Waals surface area contributed by atoms with E-state index in [1.165, 1.54) is 21.8 Å². The lowest BCUT2D eigenvalue weighted by molar-refractivity contribution is -0.137. The number of carboxylic acids is 1. The van der Waals surface area contributed by atoms with Crippen molar-refractivity contribution in [3.63, 3.8) is 0 Å². The summed E-state index contributed by atoms with van der Waals surface area (Å²) in [4.78, 5) is 10.9. The summed E-state index contributed by atoms with van der Waals surface area (Å²) in [6.45, 7) is 3.24. The molecule has 0 amide bonds. The summed E-state index contributed by atoms with van der Waals surface area (Å²) >= 11 is 0. The van der Waals surface area contributed by atoms with Crippen molar-refractivity contribution < 1.29 is 14.6 Å². The standard InChI is InChI=1S/C24H23NO3/c1-17(16-24(26)27)18-10-12-19(13-11-18)28-15-14-25-22-8-4-2-6-20(22)21-7-3-5-9-23(21)25/h2-13,17H,14-16H2,1H3,(H,26,27). The minimum absolute atomic E-state index is 0.0100. The van der Waals surface area contributed by atoms with E-state index in [1.54, 1.807) is 0 Å². The SMILES string of the molecule is CC(CC(=O)O)c1ccc(OCCn2c3ccccc3c3ccccc32)cc1. The van der Waals surface area contributed by atoms with Crippen LogP contribution in [0.25, 0.3) is 21.8 Å². The van der Waals surface area contributed by atoms with Gasteiger partial charge < -0.3 is 14.4 Å². The minimum atomic E-state index is -0.779. The van der Waals surface area contributed by atoms with Crippen molar-refractivity contribution in [3.05, 3.63) is 78.4 Å². The van der Waals surface area contributed by atoms with Crippen molar-refractivity contribution in [3.8, 4) is 5.75 Å². The van der Waals surface area contributed by atoms with Crippen molar-refractivity contribution in [2.75, 3.05) is 6.61 Å². The van der Waals surface area contributed by atoms with Crippen LogP contribution in [0.15, 0.2) is 72.8 Å². The molecule has 0 saturated heterocycles. The van der Waals surface area contributed by atoms with Crippen molar-refractivity contribution in [2.24, 2.45) is 0 Å². The number of fused-ring (bicyclic) bond motifs is 3. The van der Waals surface area contributed by atoms with Gasteiger partial charge in [-0.1, -0.05) is 55.5 Å². The van der Waals surface area contributed by atoms with Crippen molar-refractivity contribution in [1.29, 1.82) is 0 Å². The van der Waals surface area contributed by atoms with Gasteiger partial charge in [0, 0.05) is 21.8 Å². The highest BCUT2D eigenvalue weighted by atomic mass is 16.5. The summed E-state index contributed by atoms with van der Waals surface area (Å²) in [6, 6.07) is 24.6. The highest BCUT2D eigenvalue weighted by Crippen LogP contribution is 2.28. The lowest BCUT2D eigenvalue weighted by Crippen LogP contribution is -2.08. The molecular formula is C24H23NO3. The van der Waals surface area contributed by atoms with Crippen LogP contribution in [-0.4, -0.2) is 22.2 Å². The first-order chi connectivity index (χ1) is 13.6. The van der Waals surface area contributed by atoms with E-state index < -0.39 is 5.97 Å². The van der Waals surface area contributed by atoms with Crippen molar-refractivity contribution >= 4 is 27.8 Å². The first kappa shape index (κ1) is 18.1. The second kappa shape index (κ2) is 7.77. The van der Waals surface area contributed by atoms with Crippen LogP contribution in [0.3, 0.4) is 0 Å². The van der Waals surface area contributed by atoms with Gasteiger partial charge in [0.05, 0.1) is 13.0 Å². The number of benzene rings is 3. The number of hydrogen-bond acceptors (Lipinski definition) is 2. The molecular weight excluding hydrogens is 350 g/mol. The van der Waals surface area contributed by atoms with E-state index >= 15 is 0 Å². The monoisotopic (exact) mass is 373 g/mol. The van der Waals surface area contributed by atoms with Crippen LogP contribution in [0.2, 0.25) is 0 Å². The Morgan fingerprint density at radius 3 is 2.07 bits per heavy atom. The van der Waals surface area contributed by atoms with Crippen molar-refractivity contribution in [2.45, 2.75) is 25.8 Å². The summed E-state index contributed by atoms with van der Waals surface area (Å²) < 4.78 is 8.26. The average Bonchev–Trinajstić information content (AvgIpc) is 3.02. The van der Waals surface area contributed by atoms with Gasteiger partial charge in [-0.2, -0.15) is 0 Å². The third-order valence-corrected chi connectivity index (χ3v) is 5.19. The van der Waals surface area contributed by atoms with E-state index in [9.17, 15) is 4.79 Å². The summed E-state index contributed by atoms with van der Waals surface area (Å²) in [6.07, 6.45) is 0.133. The molecule has 0 fully saturated rings. The van der Waals surface area contributed by atoms with Gasteiger partial charge in [0.2, 0.25) is 0 Å². The topological polar surface area (TPSA) is 51.5 Å². The number of rotatable bonds is 7. The molecule has 1 heterocycles. The minimum Gasteiger partial charge on any atom is -0.492 e. The molecule has 4 heteroatoms. The molecule has 4 aromatic rings. The normalized spacial score (nSPS) is 12.3. The maximum atomic E-state index is 10.9. The number of carboxylic acid groups (broad SMARTS) is 1. The largest absolute Gasteiger partial charge is 0.492 e. The molecule has 3 aromatic carbocycles. The Balaban J connectivity index is 1.47. The number of nitrogens with zero attached hydrogens (tertiary/aromatic N) is 1. The third-order valence-electron chi connectivity index (χ3n) is 5.19. The molecule has 0 aliphatic carbocycles. The predicted octanol–water partition coefficient (Wildman–Crippen LogP) is 5.45. The van der Waals surface area contributed by atoms with Crippen LogP contribution in [-0.2, 0) is 11.3 Å². The molecule has 0 aliphatic rings. The highest BCUT2D eigenvalue weighted by Gasteiger charge is 2.11. The Labute approximate surface area is 164 Å². The van der Waals surface area contributed by atoms with Crippen LogP contribution in [0.1, 0.15) is 24.8 Å². The highest BCUT2D eigenvalue weighted by molar-refractivity contribution is 6.07. The van der Waals surface area contributed by atoms with Gasteiger partial charge in [-0.05, 0) is 35.7 Å². The van der Waals surface area contributed by atoms with Gasteiger partial charge in [-0.15, -0.1) is 0 Å². The van der Waals surface area contributed by atoms with E-state index in [2.05, 4.69) is 53.1 Å². The molecule has 1 atom stereocenters. The summed E-state index contributed by atoms with van der Waals surface area (Å²) in [5.74, 6) is 0.00944. The van der Waals surface area contributed by atoms with Gasteiger partial charge in [0.25, 0.3) is 0 Å². The molecule has 0 aliphatic heterocycles. The quantitative estimate of drug-likeness (QED) is 0.468. The lowest BCUT2D eigenvalue weighted by Gasteiger charge is -2.12. The van der Waals surface area contributed by atoms with Gasteiger partial charge >= 0.3 is 5.97 Å². The van der Waals surface area contributed by atoms with Gasteiger partial charge in [-0.3, -0.25) is 4.79 Å². The number of ether oxygens (including phenoxy) is 1.